The number of carbonyl (C=O) groups excluding carboxylic acids is 1. The number of anilines is 3. The van der Waals surface area contributed by atoms with Crippen molar-refractivity contribution in [1.82, 2.24) is 19.7 Å². The van der Waals surface area contributed by atoms with E-state index in [0.717, 1.165) is 6.07 Å². The highest BCUT2D eigenvalue weighted by molar-refractivity contribution is 6.32. The SMILES string of the molecule is NC(=O)CCn1cc(Nc2ncc(Cl)c(NCc3cc(F)cc(F)c3)n2)cn1. The van der Waals surface area contributed by atoms with Gasteiger partial charge in [0.15, 0.2) is 5.82 Å². The van der Waals surface area contributed by atoms with E-state index in [-0.39, 0.29) is 23.9 Å². The van der Waals surface area contributed by atoms with Crippen molar-refractivity contribution in [3.63, 3.8) is 0 Å². The Morgan fingerprint density at radius 3 is 2.68 bits per heavy atom. The number of hydrogen-bond acceptors (Lipinski definition) is 6. The van der Waals surface area contributed by atoms with Crippen LogP contribution in [0.2, 0.25) is 5.02 Å². The number of hydrogen-bond donors (Lipinski definition) is 3. The second-order valence-corrected chi connectivity index (χ2v) is 6.26. The number of rotatable bonds is 8. The third kappa shape index (κ3) is 5.36. The van der Waals surface area contributed by atoms with Crippen LogP contribution in [0, 0.1) is 11.6 Å². The van der Waals surface area contributed by atoms with E-state index in [0.29, 0.717) is 23.6 Å². The lowest BCUT2D eigenvalue weighted by atomic mass is 10.2. The number of amides is 1. The molecule has 0 radical (unpaired) electrons. The maximum absolute atomic E-state index is 13.3. The number of primary amides is 1. The minimum Gasteiger partial charge on any atom is -0.370 e. The number of nitrogens with two attached hydrogens (primary N) is 1. The molecule has 0 aliphatic heterocycles. The predicted molar refractivity (Wildman–Crippen MR) is 100 cm³/mol. The highest BCUT2D eigenvalue weighted by atomic mass is 35.5. The van der Waals surface area contributed by atoms with Crippen LogP contribution in [0.25, 0.3) is 0 Å². The van der Waals surface area contributed by atoms with Crippen LogP contribution < -0.4 is 16.4 Å². The van der Waals surface area contributed by atoms with Crippen molar-refractivity contribution in [2.24, 2.45) is 5.73 Å². The highest BCUT2D eigenvalue weighted by Crippen LogP contribution is 2.22. The Hall–Kier alpha value is -3.27. The van der Waals surface area contributed by atoms with E-state index in [1.807, 2.05) is 0 Å². The first kappa shape index (κ1) is 19.5. The van der Waals surface area contributed by atoms with Gasteiger partial charge in [-0.25, -0.2) is 13.8 Å². The third-order valence-corrected chi connectivity index (χ3v) is 3.88. The molecule has 4 N–H and O–H groups in total. The van der Waals surface area contributed by atoms with Crippen LogP contribution in [0.5, 0.6) is 0 Å². The van der Waals surface area contributed by atoms with Gasteiger partial charge in [-0.1, -0.05) is 11.6 Å². The molecule has 0 fully saturated rings. The quantitative estimate of drug-likeness (QED) is 0.529. The van der Waals surface area contributed by atoms with Crippen molar-refractivity contribution in [1.29, 1.82) is 0 Å². The average molecular weight is 408 g/mol. The van der Waals surface area contributed by atoms with Gasteiger partial charge >= 0.3 is 0 Å². The van der Waals surface area contributed by atoms with Gasteiger partial charge < -0.3 is 16.4 Å². The number of halogens is 3. The third-order valence-electron chi connectivity index (χ3n) is 3.60. The van der Waals surface area contributed by atoms with Gasteiger partial charge in [-0.2, -0.15) is 10.1 Å². The fourth-order valence-corrected chi connectivity index (χ4v) is 2.51. The number of nitrogens with zero attached hydrogens (tertiary/aromatic N) is 4. The fourth-order valence-electron chi connectivity index (χ4n) is 2.35. The summed E-state index contributed by atoms with van der Waals surface area (Å²) in [7, 11) is 0. The molecule has 0 atom stereocenters. The first-order valence-corrected chi connectivity index (χ1v) is 8.56. The summed E-state index contributed by atoms with van der Waals surface area (Å²) < 4.78 is 28.1. The number of aromatic nitrogens is 4. The number of nitrogens with one attached hydrogen (secondary N) is 2. The Morgan fingerprint density at radius 2 is 1.96 bits per heavy atom. The standard InChI is InChI=1S/C17H16ClF2N7O/c18-14-8-23-17(25-13-7-24-27(9-13)2-1-15(21)28)26-16(14)22-6-10-3-11(19)5-12(20)4-10/h3-5,7-9H,1-2,6H2,(H2,21,28)(H2,22,23,25,26). The van der Waals surface area contributed by atoms with Crippen molar-refractivity contribution in [3.05, 3.63) is 59.0 Å². The molecule has 0 aliphatic rings. The van der Waals surface area contributed by atoms with Crippen molar-refractivity contribution in [2.45, 2.75) is 19.5 Å². The summed E-state index contributed by atoms with van der Waals surface area (Å²) >= 11 is 6.08. The van der Waals surface area contributed by atoms with Gasteiger partial charge in [0, 0.05) is 31.8 Å². The first-order chi connectivity index (χ1) is 13.4. The predicted octanol–water partition coefficient (Wildman–Crippen LogP) is 2.84. The zero-order chi connectivity index (χ0) is 20.1. The lowest BCUT2D eigenvalue weighted by Crippen LogP contribution is -2.14. The summed E-state index contributed by atoms with van der Waals surface area (Å²) in [5.41, 5.74) is 6.11. The maximum atomic E-state index is 13.3. The molecule has 0 saturated heterocycles. The summed E-state index contributed by atoms with van der Waals surface area (Å²) in [6.45, 7) is 0.478. The summed E-state index contributed by atoms with van der Waals surface area (Å²) in [6, 6.07) is 3.22. The van der Waals surface area contributed by atoms with Crippen LogP contribution in [0.4, 0.5) is 26.2 Å². The molecule has 11 heteroatoms. The van der Waals surface area contributed by atoms with E-state index >= 15 is 0 Å². The molecule has 28 heavy (non-hydrogen) atoms. The van der Waals surface area contributed by atoms with Gasteiger partial charge in [-0.3, -0.25) is 9.48 Å². The Kier molecular flexibility index (Phi) is 5.99. The van der Waals surface area contributed by atoms with Gasteiger partial charge in [-0.05, 0) is 17.7 Å². The molecule has 0 saturated carbocycles. The van der Waals surface area contributed by atoms with Gasteiger partial charge in [0.2, 0.25) is 11.9 Å². The molecule has 0 spiro atoms. The van der Waals surface area contributed by atoms with Gasteiger partial charge in [0.1, 0.15) is 16.7 Å². The summed E-state index contributed by atoms with van der Waals surface area (Å²) in [6.07, 6.45) is 4.78. The molecule has 1 aromatic carbocycles. The number of aryl methyl sites for hydroxylation is 1. The Labute approximate surface area is 163 Å². The van der Waals surface area contributed by atoms with Crippen LogP contribution in [0.3, 0.4) is 0 Å². The summed E-state index contributed by atoms with van der Waals surface area (Å²) in [5, 5.41) is 10.2. The van der Waals surface area contributed by atoms with E-state index in [1.54, 1.807) is 17.1 Å². The van der Waals surface area contributed by atoms with Crippen molar-refractivity contribution in [2.75, 3.05) is 10.6 Å². The molecule has 1 amide bonds. The van der Waals surface area contributed by atoms with Crippen LogP contribution >= 0.6 is 11.6 Å². The summed E-state index contributed by atoms with van der Waals surface area (Å²) in [5.74, 6) is -1.21. The lowest BCUT2D eigenvalue weighted by molar-refractivity contribution is -0.118. The molecule has 0 unspecified atom stereocenters. The zero-order valence-corrected chi connectivity index (χ0v) is 15.2. The molecule has 2 heterocycles. The van der Waals surface area contributed by atoms with Gasteiger partial charge in [0.25, 0.3) is 0 Å². The van der Waals surface area contributed by atoms with Crippen molar-refractivity contribution < 1.29 is 13.6 Å². The molecule has 146 valence electrons. The Bertz CT molecular complexity index is 975. The van der Waals surface area contributed by atoms with Crippen LogP contribution in [-0.2, 0) is 17.9 Å². The molecule has 2 aromatic heterocycles. The molecule has 0 aliphatic carbocycles. The summed E-state index contributed by atoms with van der Waals surface area (Å²) in [4.78, 5) is 19.1. The molecular formula is C17H16ClF2N7O. The minimum atomic E-state index is -0.665. The average Bonchev–Trinajstić information content (AvgIpc) is 3.07. The normalized spacial score (nSPS) is 10.7. The fraction of sp³-hybridized carbons (Fsp3) is 0.176. The smallest absolute Gasteiger partial charge is 0.229 e. The molecular weight excluding hydrogens is 392 g/mol. The topological polar surface area (TPSA) is 111 Å². The largest absolute Gasteiger partial charge is 0.370 e. The Morgan fingerprint density at radius 1 is 1.21 bits per heavy atom. The van der Waals surface area contributed by atoms with Crippen molar-refractivity contribution >= 4 is 35.0 Å². The highest BCUT2D eigenvalue weighted by Gasteiger charge is 2.08. The van der Waals surface area contributed by atoms with E-state index in [4.69, 9.17) is 17.3 Å². The Balaban J connectivity index is 1.66. The van der Waals surface area contributed by atoms with Crippen LogP contribution in [0.15, 0.2) is 36.8 Å². The van der Waals surface area contributed by atoms with E-state index in [2.05, 4.69) is 25.7 Å². The second kappa shape index (κ2) is 8.61. The van der Waals surface area contributed by atoms with Gasteiger partial charge in [0.05, 0.1) is 18.1 Å². The molecule has 0 bridgehead atoms. The van der Waals surface area contributed by atoms with E-state index < -0.39 is 17.5 Å². The van der Waals surface area contributed by atoms with Crippen LogP contribution in [0.1, 0.15) is 12.0 Å². The number of benzene rings is 1. The van der Waals surface area contributed by atoms with Gasteiger partial charge in [-0.15, -0.1) is 0 Å². The lowest BCUT2D eigenvalue weighted by Gasteiger charge is -2.09. The molecule has 8 nitrogen and oxygen atoms in total. The zero-order valence-electron chi connectivity index (χ0n) is 14.5. The maximum Gasteiger partial charge on any atom is 0.229 e. The van der Waals surface area contributed by atoms with Crippen LogP contribution in [-0.4, -0.2) is 25.7 Å². The van der Waals surface area contributed by atoms with Crippen molar-refractivity contribution in [3.8, 4) is 0 Å². The number of carbonyl (C=O) groups is 1. The molecule has 3 aromatic rings. The molecule has 3 rings (SSSR count). The monoisotopic (exact) mass is 407 g/mol. The second-order valence-electron chi connectivity index (χ2n) is 5.85. The minimum absolute atomic E-state index is 0.121. The first-order valence-electron chi connectivity index (χ1n) is 8.18. The van der Waals surface area contributed by atoms with E-state index in [9.17, 15) is 13.6 Å². The van der Waals surface area contributed by atoms with E-state index in [1.165, 1.54) is 18.3 Å².